The van der Waals surface area contributed by atoms with Crippen LogP contribution in [0, 0.1) is 5.92 Å². The molecule has 0 aliphatic heterocycles. The lowest BCUT2D eigenvalue weighted by molar-refractivity contribution is 0.394. The second-order valence-corrected chi connectivity index (χ2v) is 29.6. The third-order valence-electron chi connectivity index (χ3n) is 23.1. The van der Waals surface area contributed by atoms with Crippen LogP contribution in [0.3, 0.4) is 0 Å². The van der Waals surface area contributed by atoms with Crippen LogP contribution in [0.1, 0.15) is 80.8 Å². The zero-order valence-electron chi connectivity index (χ0n) is 56.7. The number of hydrogen-bond acceptors (Lipinski definition) is 4. The molecule has 0 saturated heterocycles. The Labute approximate surface area is 582 Å². The van der Waals surface area contributed by atoms with E-state index in [1.807, 2.05) is 0 Å². The van der Waals surface area contributed by atoms with Gasteiger partial charge >= 0.3 is 0 Å². The van der Waals surface area contributed by atoms with Gasteiger partial charge in [-0.15, -0.1) is 0 Å². The van der Waals surface area contributed by atoms with Crippen molar-refractivity contribution in [3.8, 4) is 90.0 Å². The summed E-state index contributed by atoms with van der Waals surface area (Å²) in [5, 5.41) is 10.6. The summed E-state index contributed by atoms with van der Waals surface area (Å²) in [4.78, 5) is 17.3. The number of aromatic nitrogens is 5. The van der Waals surface area contributed by atoms with Crippen molar-refractivity contribution in [1.29, 1.82) is 0 Å². The molecule has 100 heavy (non-hydrogen) atoms. The molecule has 13 aromatic carbocycles. The Balaban J connectivity index is 0.783. The normalized spacial score (nSPS) is 16.3. The van der Waals surface area contributed by atoms with Crippen molar-refractivity contribution >= 4 is 65.8 Å². The van der Waals surface area contributed by atoms with Crippen molar-refractivity contribution in [2.75, 3.05) is 5.32 Å². The standard InChI is InChI=1S/C94H70N6/c1-92(2)77-31-17-12-25-65(77)74-50-57(39-46-80(74)92)60-36-42-63(56-22-8-7-9-23-56)84(53-60)95-83-49-45-73(64-24-10-11-28-68(64)83)89-96-90(99-85-34-20-15-29-69(85)71-43-37-61(54-87(71)99)58-40-47-81-75(51-58)66-26-13-18-32-78(66)93(81,3)4)98-91(97-89)100-86-35-21-16-30-70(86)72-44-38-62(55-88(72)100)59-41-48-82-76(52-59)67-27-14-19-33-79(67)94(82,5)6/h7-55,65,77,95H,1-6H3. The van der Waals surface area contributed by atoms with Crippen molar-refractivity contribution in [1.82, 2.24) is 24.1 Å². The lowest BCUT2D eigenvalue weighted by Gasteiger charge is -2.29. The van der Waals surface area contributed by atoms with Gasteiger partial charge in [-0.3, -0.25) is 9.13 Å². The highest BCUT2D eigenvalue weighted by Crippen LogP contribution is 2.55. The van der Waals surface area contributed by atoms with Gasteiger partial charge in [0.2, 0.25) is 11.9 Å². The molecule has 4 aliphatic carbocycles. The molecule has 476 valence electrons. The Bertz CT molecular complexity index is 6000. The number of benzene rings is 13. The average Bonchev–Trinajstić information content (AvgIpc) is 1.58. The molecular weight excluding hydrogens is 1210 g/mol. The fraction of sp³-hybridized carbons (Fsp3) is 0.117. The van der Waals surface area contributed by atoms with Gasteiger partial charge in [-0.25, -0.2) is 0 Å². The van der Waals surface area contributed by atoms with E-state index >= 15 is 0 Å². The largest absolute Gasteiger partial charge is 0.354 e. The first-order valence-corrected chi connectivity index (χ1v) is 35.1. The highest BCUT2D eigenvalue weighted by Gasteiger charge is 2.45. The Hall–Kier alpha value is -12.0. The minimum absolute atomic E-state index is 0.0385. The Morgan fingerprint density at radius 3 is 1.36 bits per heavy atom. The predicted molar refractivity (Wildman–Crippen MR) is 416 cm³/mol. The van der Waals surface area contributed by atoms with Gasteiger partial charge in [0.25, 0.3) is 0 Å². The number of para-hydroxylation sites is 2. The van der Waals surface area contributed by atoms with E-state index < -0.39 is 0 Å². The Kier molecular flexibility index (Phi) is 12.5. The number of allylic oxidation sites excluding steroid dienone is 4. The third kappa shape index (κ3) is 8.59. The molecule has 0 fully saturated rings. The van der Waals surface area contributed by atoms with Crippen LogP contribution in [-0.2, 0) is 16.2 Å². The van der Waals surface area contributed by atoms with Gasteiger partial charge in [0.15, 0.2) is 5.82 Å². The fourth-order valence-corrected chi connectivity index (χ4v) is 18.0. The summed E-state index contributed by atoms with van der Waals surface area (Å²) in [5.41, 5.74) is 29.4. The molecular formula is C94H70N6. The van der Waals surface area contributed by atoms with E-state index in [1.54, 1.807) is 0 Å². The molecule has 1 N–H and O–H groups in total. The summed E-state index contributed by atoms with van der Waals surface area (Å²) < 4.78 is 4.55. The van der Waals surface area contributed by atoms with Gasteiger partial charge in [-0.05, 0) is 166 Å². The second kappa shape index (κ2) is 21.5. The SMILES string of the molecule is CC1(C)c2ccccc2-c2cc(-c3ccc4c5ccccc5n(-c5nc(-c6ccc(Nc7cc(-c8ccc9c(c8)C8C=CC=CC8C9(C)C)ccc7-c7ccccc7)c7ccccc67)nc(-n6c7ccccc7c7ccc(-c8ccc9c(c8)-c8ccccc8C9(C)C)cc76)n5)c4c3)ccc21. The smallest absolute Gasteiger partial charge is 0.240 e. The van der Waals surface area contributed by atoms with Crippen LogP contribution < -0.4 is 5.32 Å². The van der Waals surface area contributed by atoms with Crippen molar-refractivity contribution in [3.05, 3.63) is 331 Å². The van der Waals surface area contributed by atoms with Gasteiger partial charge < -0.3 is 5.32 Å². The molecule has 6 nitrogen and oxygen atoms in total. The first-order chi connectivity index (χ1) is 48.8. The average molecular weight is 1280 g/mol. The quantitative estimate of drug-likeness (QED) is 0.156. The van der Waals surface area contributed by atoms with Crippen LogP contribution in [-0.4, -0.2) is 24.1 Å². The van der Waals surface area contributed by atoms with E-state index in [2.05, 4.69) is 353 Å². The van der Waals surface area contributed by atoms with Crippen LogP contribution in [0.25, 0.3) is 144 Å². The van der Waals surface area contributed by atoms with Gasteiger partial charge in [0.1, 0.15) is 0 Å². The Morgan fingerprint density at radius 1 is 0.300 bits per heavy atom. The first-order valence-electron chi connectivity index (χ1n) is 35.1. The molecule has 4 aliphatic rings. The summed E-state index contributed by atoms with van der Waals surface area (Å²) in [7, 11) is 0. The monoisotopic (exact) mass is 1280 g/mol. The molecule has 0 bridgehead atoms. The molecule has 2 unspecified atom stereocenters. The number of rotatable bonds is 9. The van der Waals surface area contributed by atoms with Crippen LogP contribution in [0.5, 0.6) is 0 Å². The second-order valence-electron chi connectivity index (χ2n) is 29.6. The maximum absolute atomic E-state index is 5.78. The molecule has 2 atom stereocenters. The zero-order chi connectivity index (χ0) is 66.9. The number of nitrogens with one attached hydrogen (secondary N) is 1. The molecule has 3 heterocycles. The lowest BCUT2D eigenvalue weighted by Crippen LogP contribution is -2.24. The molecule has 20 rings (SSSR count). The van der Waals surface area contributed by atoms with Crippen molar-refractivity contribution < 1.29 is 0 Å². The summed E-state index contributed by atoms with van der Waals surface area (Å²) in [5.74, 6) is 2.38. The number of hydrogen-bond donors (Lipinski definition) is 1. The molecule has 3 aromatic heterocycles. The summed E-state index contributed by atoms with van der Waals surface area (Å²) >= 11 is 0. The summed E-state index contributed by atoms with van der Waals surface area (Å²) in [6.07, 6.45) is 9.24. The predicted octanol–water partition coefficient (Wildman–Crippen LogP) is 24.0. The van der Waals surface area contributed by atoms with Crippen LogP contribution in [0.15, 0.2) is 297 Å². The lowest BCUT2D eigenvalue weighted by atomic mass is 9.74. The number of anilines is 2. The summed E-state index contributed by atoms with van der Waals surface area (Å²) in [6.45, 7) is 14.2. The van der Waals surface area contributed by atoms with E-state index in [1.165, 1.54) is 61.2 Å². The first kappa shape index (κ1) is 58.2. The minimum Gasteiger partial charge on any atom is -0.354 e. The topological polar surface area (TPSA) is 60.6 Å². The zero-order valence-corrected chi connectivity index (χ0v) is 56.7. The molecule has 16 aromatic rings. The van der Waals surface area contributed by atoms with Gasteiger partial charge in [-0.2, -0.15) is 15.0 Å². The third-order valence-corrected chi connectivity index (χ3v) is 23.1. The Morgan fingerprint density at radius 2 is 0.750 bits per heavy atom. The molecule has 0 amide bonds. The molecule has 0 radical (unpaired) electrons. The van der Waals surface area contributed by atoms with Crippen molar-refractivity contribution in [2.45, 2.75) is 63.7 Å². The maximum Gasteiger partial charge on any atom is 0.240 e. The maximum atomic E-state index is 5.78. The van der Waals surface area contributed by atoms with Crippen molar-refractivity contribution in [3.63, 3.8) is 0 Å². The highest BCUT2D eigenvalue weighted by molar-refractivity contribution is 6.12. The molecule has 0 saturated carbocycles. The van der Waals surface area contributed by atoms with Gasteiger partial charge in [0.05, 0.1) is 22.1 Å². The van der Waals surface area contributed by atoms with Gasteiger partial charge in [-0.1, -0.05) is 284 Å². The van der Waals surface area contributed by atoms with E-state index in [9.17, 15) is 0 Å². The van der Waals surface area contributed by atoms with Crippen LogP contribution >= 0.6 is 0 Å². The van der Waals surface area contributed by atoms with Crippen LogP contribution in [0.4, 0.5) is 11.4 Å². The van der Waals surface area contributed by atoms with Gasteiger partial charge in [0, 0.05) is 66.2 Å². The molecule has 0 spiro atoms. The number of nitrogens with zero attached hydrogens (tertiary/aromatic N) is 5. The van der Waals surface area contributed by atoms with E-state index in [-0.39, 0.29) is 16.2 Å². The van der Waals surface area contributed by atoms with E-state index in [4.69, 9.17) is 15.0 Å². The van der Waals surface area contributed by atoms with E-state index in [0.29, 0.717) is 29.6 Å². The summed E-state index contributed by atoms with van der Waals surface area (Å²) in [6, 6.07) is 101. The van der Waals surface area contributed by atoms with Crippen molar-refractivity contribution in [2.24, 2.45) is 5.92 Å². The van der Waals surface area contributed by atoms with E-state index in [0.717, 1.165) is 110 Å². The highest BCUT2D eigenvalue weighted by atomic mass is 15.3. The fourth-order valence-electron chi connectivity index (χ4n) is 18.0. The number of fused-ring (bicyclic) bond motifs is 16. The van der Waals surface area contributed by atoms with Crippen LogP contribution in [0.2, 0.25) is 0 Å². The molecule has 6 heteroatoms. The minimum atomic E-state index is -0.102.